The summed E-state index contributed by atoms with van der Waals surface area (Å²) in [5.41, 5.74) is 1.88. The van der Waals surface area contributed by atoms with Crippen molar-refractivity contribution < 1.29 is 8.42 Å². The largest absolute Gasteiger partial charge is 0.270 e. The smallest absolute Gasteiger partial charge is 0.235 e. The monoisotopic (exact) mass is 317 g/mol. The SMILES string of the molecule is CC(C)CS(=O)(=O)N(CCc1ccccc1)c1ccccc1. The molecule has 0 aliphatic carbocycles. The van der Waals surface area contributed by atoms with E-state index in [4.69, 9.17) is 0 Å². The molecule has 0 atom stereocenters. The van der Waals surface area contributed by atoms with Crippen LogP contribution in [-0.4, -0.2) is 20.7 Å². The number of sulfonamides is 1. The van der Waals surface area contributed by atoms with Gasteiger partial charge in [0.25, 0.3) is 0 Å². The van der Waals surface area contributed by atoms with Gasteiger partial charge in [-0.05, 0) is 30.0 Å². The number of hydrogen-bond donors (Lipinski definition) is 0. The predicted molar refractivity (Wildman–Crippen MR) is 92.6 cm³/mol. The van der Waals surface area contributed by atoms with Crippen LogP contribution in [0.5, 0.6) is 0 Å². The molecule has 0 bridgehead atoms. The minimum absolute atomic E-state index is 0.105. The summed E-state index contributed by atoms with van der Waals surface area (Å²) < 4.78 is 26.9. The summed E-state index contributed by atoms with van der Waals surface area (Å²) in [7, 11) is -3.31. The normalized spacial score (nSPS) is 11.6. The van der Waals surface area contributed by atoms with Gasteiger partial charge in [0.05, 0.1) is 11.4 Å². The van der Waals surface area contributed by atoms with E-state index in [0.717, 1.165) is 11.3 Å². The standard InChI is InChI=1S/C18H23NO2S/c1-16(2)15-22(20,21)19(18-11-7-4-8-12-18)14-13-17-9-5-3-6-10-17/h3-12,16H,13-15H2,1-2H3. The molecule has 0 unspecified atom stereocenters. The fourth-order valence-electron chi connectivity index (χ4n) is 2.41. The van der Waals surface area contributed by atoms with Crippen molar-refractivity contribution in [3.63, 3.8) is 0 Å². The van der Waals surface area contributed by atoms with Crippen LogP contribution in [0.1, 0.15) is 19.4 Å². The Morgan fingerprint density at radius 3 is 2.00 bits per heavy atom. The fraction of sp³-hybridized carbons (Fsp3) is 0.333. The maximum Gasteiger partial charge on any atom is 0.235 e. The molecule has 0 fully saturated rings. The van der Waals surface area contributed by atoms with Crippen molar-refractivity contribution in [2.24, 2.45) is 5.92 Å². The molecule has 2 aromatic rings. The van der Waals surface area contributed by atoms with Crippen LogP contribution in [0, 0.1) is 5.92 Å². The van der Waals surface area contributed by atoms with Crippen LogP contribution in [0.25, 0.3) is 0 Å². The Balaban J connectivity index is 2.22. The first-order chi connectivity index (χ1) is 10.5. The average Bonchev–Trinajstić information content (AvgIpc) is 2.48. The summed E-state index contributed by atoms with van der Waals surface area (Å²) >= 11 is 0. The highest BCUT2D eigenvalue weighted by Crippen LogP contribution is 2.20. The van der Waals surface area contributed by atoms with Crippen LogP contribution in [0.4, 0.5) is 5.69 Å². The lowest BCUT2D eigenvalue weighted by Gasteiger charge is -2.25. The van der Waals surface area contributed by atoms with Gasteiger partial charge >= 0.3 is 0 Å². The minimum Gasteiger partial charge on any atom is -0.270 e. The second kappa shape index (κ2) is 7.45. The van der Waals surface area contributed by atoms with Gasteiger partial charge in [0, 0.05) is 6.54 Å². The van der Waals surface area contributed by atoms with E-state index >= 15 is 0 Å². The first-order valence-corrected chi connectivity index (χ1v) is 9.19. The van der Waals surface area contributed by atoms with Crippen molar-refractivity contribution in [2.75, 3.05) is 16.6 Å². The zero-order chi connectivity index (χ0) is 16.0. The van der Waals surface area contributed by atoms with Gasteiger partial charge < -0.3 is 0 Å². The number of nitrogens with zero attached hydrogens (tertiary/aromatic N) is 1. The quantitative estimate of drug-likeness (QED) is 0.780. The van der Waals surface area contributed by atoms with Crippen molar-refractivity contribution in [2.45, 2.75) is 20.3 Å². The van der Waals surface area contributed by atoms with Crippen molar-refractivity contribution >= 4 is 15.7 Å². The Morgan fingerprint density at radius 2 is 1.45 bits per heavy atom. The summed E-state index contributed by atoms with van der Waals surface area (Å²) in [4.78, 5) is 0. The van der Waals surface area contributed by atoms with E-state index in [1.807, 2.05) is 74.5 Å². The minimum atomic E-state index is -3.31. The van der Waals surface area contributed by atoms with Crippen LogP contribution >= 0.6 is 0 Å². The molecular formula is C18H23NO2S. The zero-order valence-corrected chi connectivity index (χ0v) is 14.0. The molecule has 0 radical (unpaired) electrons. The number of hydrogen-bond acceptors (Lipinski definition) is 2. The van der Waals surface area contributed by atoms with E-state index < -0.39 is 10.0 Å². The molecule has 2 rings (SSSR count). The van der Waals surface area contributed by atoms with Gasteiger partial charge in [-0.25, -0.2) is 8.42 Å². The molecule has 0 heterocycles. The highest BCUT2D eigenvalue weighted by Gasteiger charge is 2.23. The molecule has 0 amide bonds. The number of anilines is 1. The van der Waals surface area contributed by atoms with Gasteiger partial charge in [0.1, 0.15) is 0 Å². The molecule has 118 valence electrons. The third-order valence-electron chi connectivity index (χ3n) is 3.37. The number of para-hydroxylation sites is 1. The van der Waals surface area contributed by atoms with E-state index in [-0.39, 0.29) is 11.7 Å². The van der Waals surface area contributed by atoms with E-state index in [1.54, 1.807) is 4.31 Å². The summed E-state index contributed by atoms with van der Waals surface area (Å²) in [5, 5.41) is 0. The highest BCUT2D eigenvalue weighted by atomic mass is 32.2. The molecule has 0 saturated heterocycles. The third-order valence-corrected chi connectivity index (χ3v) is 5.52. The maximum absolute atomic E-state index is 12.7. The van der Waals surface area contributed by atoms with Gasteiger partial charge in [-0.3, -0.25) is 4.31 Å². The fourth-order valence-corrected chi connectivity index (χ4v) is 4.24. The Kier molecular flexibility index (Phi) is 5.61. The Labute approximate surface area is 133 Å². The molecule has 0 aromatic heterocycles. The molecule has 0 spiro atoms. The predicted octanol–water partition coefficient (Wildman–Crippen LogP) is 3.72. The molecule has 0 N–H and O–H groups in total. The highest BCUT2D eigenvalue weighted by molar-refractivity contribution is 7.92. The van der Waals surface area contributed by atoms with Gasteiger partial charge in [0.2, 0.25) is 10.0 Å². The Hall–Kier alpha value is -1.81. The lowest BCUT2D eigenvalue weighted by Crippen LogP contribution is -2.36. The van der Waals surface area contributed by atoms with Crippen LogP contribution in [0.3, 0.4) is 0 Å². The van der Waals surface area contributed by atoms with Crippen LogP contribution in [0.15, 0.2) is 60.7 Å². The first-order valence-electron chi connectivity index (χ1n) is 7.58. The van der Waals surface area contributed by atoms with Crippen molar-refractivity contribution in [1.82, 2.24) is 0 Å². The Morgan fingerprint density at radius 1 is 0.909 bits per heavy atom. The van der Waals surface area contributed by atoms with Crippen LogP contribution in [-0.2, 0) is 16.4 Å². The molecule has 3 nitrogen and oxygen atoms in total. The maximum atomic E-state index is 12.7. The second-order valence-electron chi connectivity index (χ2n) is 5.82. The molecule has 2 aromatic carbocycles. The summed E-state index contributed by atoms with van der Waals surface area (Å²) in [6.07, 6.45) is 0.701. The van der Waals surface area contributed by atoms with Crippen LogP contribution in [0.2, 0.25) is 0 Å². The summed E-state index contributed by atoms with van der Waals surface area (Å²) in [5.74, 6) is 0.268. The van der Waals surface area contributed by atoms with Crippen molar-refractivity contribution in [3.8, 4) is 0 Å². The van der Waals surface area contributed by atoms with Gasteiger partial charge in [-0.1, -0.05) is 62.4 Å². The Bertz CT molecular complexity index is 667. The number of rotatable bonds is 7. The topological polar surface area (TPSA) is 37.4 Å². The van der Waals surface area contributed by atoms with E-state index in [1.165, 1.54) is 0 Å². The lowest BCUT2D eigenvalue weighted by atomic mass is 10.1. The summed E-state index contributed by atoms with van der Waals surface area (Å²) in [6, 6.07) is 19.3. The van der Waals surface area contributed by atoms with Crippen molar-refractivity contribution in [3.05, 3.63) is 66.2 Å². The van der Waals surface area contributed by atoms with Gasteiger partial charge in [-0.2, -0.15) is 0 Å². The third kappa shape index (κ3) is 4.60. The lowest BCUT2D eigenvalue weighted by molar-refractivity contribution is 0.577. The summed E-state index contributed by atoms with van der Waals surface area (Å²) in [6.45, 7) is 4.32. The van der Waals surface area contributed by atoms with Crippen LogP contribution < -0.4 is 4.31 Å². The molecule has 0 aliphatic heterocycles. The molecule has 0 saturated carbocycles. The number of benzene rings is 2. The second-order valence-corrected chi connectivity index (χ2v) is 7.75. The van der Waals surface area contributed by atoms with E-state index in [9.17, 15) is 8.42 Å². The van der Waals surface area contributed by atoms with Gasteiger partial charge in [0.15, 0.2) is 0 Å². The van der Waals surface area contributed by atoms with Gasteiger partial charge in [-0.15, -0.1) is 0 Å². The molecule has 4 heteroatoms. The molecule has 22 heavy (non-hydrogen) atoms. The first kappa shape index (κ1) is 16.6. The van der Waals surface area contributed by atoms with Crippen molar-refractivity contribution in [1.29, 1.82) is 0 Å². The molecular weight excluding hydrogens is 294 g/mol. The van der Waals surface area contributed by atoms with E-state index in [0.29, 0.717) is 13.0 Å². The van der Waals surface area contributed by atoms with E-state index in [2.05, 4.69) is 0 Å². The zero-order valence-electron chi connectivity index (χ0n) is 13.1. The molecule has 0 aliphatic rings. The average molecular weight is 317 g/mol.